The fraction of sp³-hybridized carbons (Fsp3) is 0.933. The van der Waals surface area contributed by atoms with Crippen LogP contribution >= 0.6 is 0 Å². The zero-order valence-electron chi connectivity index (χ0n) is 22.4. The Morgan fingerprint density at radius 2 is 1.45 bits per heavy atom. The number of fused-ring (bicyclic) bond motifs is 7. The van der Waals surface area contributed by atoms with Gasteiger partial charge in [0.25, 0.3) is 0 Å². The van der Waals surface area contributed by atoms with Crippen molar-refractivity contribution < 1.29 is 14.7 Å². The highest BCUT2D eigenvalue weighted by atomic mass is 16.4. The number of hydrogen-bond acceptors (Lipinski definition) is 2. The minimum atomic E-state index is -0.621. The lowest BCUT2D eigenvalue weighted by molar-refractivity contribution is -0.263. The average Bonchev–Trinajstić information content (AvgIpc) is 2.73. The van der Waals surface area contributed by atoms with E-state index in [9.17, 15) is 14.7 Å². The normalized spacial score (nSPS) is 55.5. The van der Waals surface area contributed by atoms with Gasteiger partial charge < -0.3 is 5.11 Å². The van der Waals surface area contributed by atoms with E-state index in [0.29, 0.717) is 29.5 Å². The van der Waals surface area contributed by atoms with Gasteiger partial charge in [-0.3, -0.25) is 9.59 Å². The molecule has 5 rings (SSSR count). The van der Waals surface area contributed by atoms with Gasteiger partial charge in [-0.2, -0.15) is 0 Å². The van der Waals surface area contributed by atoms with E-state index >= 15 is 0 Å². The predicted molar refractivity (Wildman–Crippen MR) is 132 cm³/mol. The van der Waals surface area contributed by atoms with Gasteiger partial charge in [-0.15, -0.1) is 0 Å². The first-order chi connectivity index (χ1) is 15.2. The first kappa shape index (κ1) is 23.9. The van der Waals surface area contributed by atoms with Crippen molar-refractivity contribution in [2.24, 2.45) is 56.2 Å². The molecule has 0 saturated heterocycles. The first-order valence-electron chi connectivity index (χ1n) is 13.9. The molecule has 9 atom stereocenters. The van der Waals surface area contributed by atoms with Gasteiger partial charge in [0.1, 0.15) is 5.78 Å². The Morgan fingerprint density at radius 3 is 2.12 bits per heavy atom. The topological polar surface area (TPSA) is 54.4 Å². The molecule has 0 amide bonds. The molecule has 5 fully saturated rings. The maximum absolute atomic E-state index is 13.6. The molecule has 5 saturated carbocycles. The summed E-state index contributed by atoms with van der Waals surface area (Å²) in [4.78, 5) is 26.3. The van der Waals surface area contributed by atoms with Crippen molar-refractivity contribution in [3.05, 3.63) is 0 Å². The van der Waals surface area contributed by atoms with Crippen LogP contribution in [0.15, 0.2) is 0 Å². The van der Waals surface area contributed by atoms with Crippen molar-refractivity contribution in [1.82, 2.24) is 0 Å². The Hall–Kier alpha value is -0.860. The van der Waals surface area contributed by atoms with Crippen LogP contribution in [0.1, 0.15) is 119 Å². The van der Waals surface area contributed by atoms with Crippen molar-refractivity contribution >= 4 is 11.8 Å². The van der Waals surface area contributed by atoms with Gasteiger partial charge in [0.2, 0.25) is 0 Å². The van der Waals surface area contributed by atoms with E-state index in [0.717, 1.165) is 44.9 Å². The van der Waals surface area contributed by atoms with E-state index in [1.54, 1.807) is 0 Å². The zero-order valence-corrected chi connectivity index (χ0v) is 22.4. The molecule has 0 aliphatic heterocycles. The highest BCUT2D eigenvalue weighted by molar-refractivity contribution is 5.82. The van der Waals surface area contributed by atoms with E-state index in [-0.39, 0.29) is 33.5 Å². The smallest absolute Gasteiger partial charge is 0.310 e. The maximum atomic E-state index is 13.6. The molecule has 3 heteroatoms. The first-order valence-corrected chi connectivity index (χ1v) is 13.9. The molecule has 0 radical (unpaired) electrons. The molecule has 0 aromatic rings. The van der Waals surface area contributed by atoms with Crippen LogP contribution in [0.4, 0.5) is 0 Å². The van der Waals surface area contributed by atoms with Crippen molar-refractivity contribution in [2.45, 2.75) is 119 Å². The second-order valence-electron chi connectivity index (χ2n) is 15.2. The van der Waals surface area contributed by atoms with E-state index in [1.165, 1.54) is 19.3 Å². The Kier molecular flexibility index (Phi) is 4.97. The number of carbonyl (C=O) groups is 2. The van der Waals surface area contributed by atoms with Crippen LogP contribution in [0.3, 0.4) is 0 Å². The summed E-state index contributed by atoms with van der Waals surface area (Å²) in [6.45, 7) is 16.7. The molecule has 0 aromatic heterocycles. The molecular weight excluding hydrogens is 408 g/mol. The lowest BCUT2D eigenvalue weighted by Crippen LogP contribution is -2.70. The molecule has 5 aliphatic rings. The maximum Gasteiger partial charge on any atom is 0.310 e. The van der Waals surface area contributed by atoms with Crippen LogP contribution < -0.4 is 0 Å². The van der Waals surface area contributed by atoms with Gasteiger partial charge in [-0.05, 0) is 109 Å². The van der Waals surface area contributed by atoms with Gasteiger partial charge in [0.05, 0.1) is 5.41 Å². The summed E-state index contributed by atoms with van der Waals surface area (Å²) < 4.78 is 0. The van der Waals surface area contributed by atoms with Crippen LogP contribution in [-0.4, -0.2) is 16.9 Å². The van der Waals surface area contributed by atoms with Crippen molar-refractivity contribution in [3.8, 4) is 0 Å². The molecule has 3 nitrogen and oxygen atoms in total. The lowest BCUT2D eigenvalue weighted by Gasteiger charge is -2.73. The monoisotopic (exact) mass is 456 g/mol. The van der Waals surface area contributed by atoms with Crippen LogP contribution in [0.25, 0.3) is 0 Å². The average molecular weight is 457 g/mol. The van der Waals surface area contributed by atoms with E-state index < -0.39 is 11.4 Å². The largest absolute Gasteiger partial charge is 0.481 e. The molecule has 1 N–H and O–H groups in total. The molecule has 0 aromatic carbocycles. The summed E-state index contributed by atoms with van der Waals surface area (Å²) in [6, 6.07) is 0. The Balaban J connectivity index is 1.62. The standard InChI is InChI=1S/C30H48O3/c1-19-20(31)8-9-21-27(19,5)11-10-22-28(21,6)15-16-29(7)23-18-25(2,3)12-13-26(23,4)14-17-30(22,29)24(32)33/h19,21-23H,8-18H2,1-7H3,(H,32,33). The summed E-state index contributed by atoms with van der Waals surface area (Å²) in [5, 5.41) is 11.1. The van der Waals surface area contributed by atoms with E-state index in [4.69, 9.17) is 0 Å². The third-order valence-corrected chi connectivity index (χ3v) is 13.5. The van der Waals surface area contributed by atoms with Gasteiger partial charge in [0, 0.05) is 12.3 Å². The molecule has 186 valence electrons. The highest BCUT2D eigenvalue weighted by Gasteiger charge is 2.74. The predicted octanol–water partition coefficient (Wildman–Crippen LogP) is 7.52. The SMILES string of the molecule is CC1C(=O)CCC2C1(C)CCC1C2(C)CCC2(C)C3CC(C)(C)CCC3(C)CCC12C(=O)O. The summed E-state index contributed by atoms with van der Waals surface area (Å²) >= 11 is 0. The second-order valence-corrected chi connectivity index (χ2v) is 15.2. The number of Topliss-reactive ketones (excluding diaryl/α,β-unsaturated/α-hetero) is 1. The molecule has 0 spiro atoms. The summed E-state index contributed by atoms with van der Waals surface area (Å²) in [5.74, 6) is 1.22. The number of carboxylic acids is 1. The molecule has 9 unspecified atom stereocenters. The van der Waals surface area contributed by atoms with Gasteiger partial charge in [-0.25, -0.2) is 0 Å². The molecule has 0 heterocycles. The Labute approximate surface area is 201 Å². The summed E-state index contributed by atoms with van der Waals surface area (Å²) in [6.07, 6.45) is 11.4. The van der Waals surface area contributed by atoms with Crippen LogP contribution in [0.5, 0.6) is 0 Å². The fourth-order valence-corrected chi connectivity index (χ4v) is 11.2. The minimum absolute atomic E-state index is 0.0256. The van der Waals surface area contributed by atoms with Crippen molar-refractivity contribution in [2.75, 3.05) is 0 Å². The lowest BCUT2D eigenvalue weighted by atomic mass is 9.29. The number of carbonyl (C=O) groups excluding carboxylic acids is 1. The highest BCUT2D eigenvalue weighted by Crippen LogP contribution is 2.78. The second kappa shape index (κ2) is 6.88. The molecule has 5 aliphatic carbocycles. The number of carboxylic acid groups (broad SMARTS) is 1. The Morgan fingerprint density at radius 1 is 0.788 bits per heavy atom. The van der Waals surface area contributed by atoms with E-state index in [1.807, 2.05) is 0 Å². The molecular formula is C30H48O3. The van der Waals surface area contributed by atoms with Gasteiger partial charge in [0.15, 0.2) is 0 Å². The summed E-state index contributed by atoms with van der Waals surface area (Å²) in [7, 11) is 0. The molecule has 0 bridgehead atoms. The van der Waals surface area contributed by atoms with Crippen LogP contribution in [0, 0.1) is 56.2 Å². The Bertz CT molecular complexity index is 876. The number of rotatable bonds is 1. The minimum Gasteiger partial charge on any atom is -0.481 e. The van der Waals surface area contributed by atoms with E-state index in [2.05, 4.69) is 48.5 Å². The number of hydrogen-bond donors (Lipinski definition) is 1. The zero-order chi connectivity index (χ0) is 24.2. The third kappa shape index (κ3) is 2.80. The van der Waals surface area contributed by atoms with Crippen LogP contribution in [-0.2, 0) is 9.59 Å². The van der Waals surface area contributed by atoms with Gasteiger partial charge in [-0.1, -0.05) is 48.5 Å². The fourth-order valence-electron chi connectivity index (χ4n) is 11.2. The van der Waals surface area contributed by atoms with Gasteiger partial charge >= 0.3 is 5.97 Å². The third-order valence-electron chi connectivity index (χ3n) is 13.5. The quantitative estimate of drug-likeness (QED) is 0.444. The van der Waals surface area contributed by atoms with Crippen LogP contribution in [0.2, 0.25) is 0 Å². The van der Waals surface area contributed by atoms with Crippen molar-refractivity contribution in [3.63, 3.8) is 0 Å². The number of aliphatic carboxylic acids is 1. The molecule has 33 heavy (non-hydrogen) atoms. The number of ketones is 1. The summed E-state index contributed by atoms with van der Waals surface area (Å²) in [5.41, 5.74) is -0.116. The van der Waals surface area contributed by atoms with Crippen molar-refractivity contribution in [1.29, 1.82) is 0 Å².